The third kappa shape index (κ3) is 41.9. The van der Waals surface area contributed by atoms with Crippen LogP contribution in [0.3, 0.4) is 0 Å². The van der Waals surface area contributed by atoms with E-state index in [1.54, 1.807) is 0 Å². The molecule has 0 bridgehead atoms. The molecule has 0 aromatic rings. The topological polar surface area (TPSA) is 621 Å². The minimum atomic E-state index is -2.09. The molecule has 4 unspecified atom stereocenters. The molecule has 0 aromatic carbocycles. The van der Waals surface area contributed by atoms with Crippen molar-refractivity contribution in [3.05, 3.63) is 0 Å². The smallest absolute Gasteiger partial charge is 1.00 e. The third-order valence-electron chi connectivity index (χ3n) is 6.09. The van der Waals surface area contributed by atoms with E-state index in [1.807, 2.05) is 0 Å². The molecule has 0 spiro atoms. The van der Waals surface area contributed by atoms with Crippen LogP contribution in [0.15, 0.2) is 0 Å². The molecule has 12 N–H and O–H groups in total. The normalized spacial score (nSPS) is 10.7. The van der Waals surface area contributed by atoms with Gasteiger partial charge >= 0.3 is 214 Å². The quantitative estimate of drug-likeness (QED) is 0.0114. The van der Waals surface area contributed by atoms with Crippen molar-refractivity contribution >= 4 is 119 Å². The molecule has 0 aliphatic heterocycles. The van der Waals surface area contributed by atoms with Gasteiger partial charge in [-0.15, -0.1) is 0 Å². The van der Waals surface area contributed by atoms with Crippen LogP contribution < -0.4 is 118 Å². The number of carbonyl (C=O) groups excluding carboxylic acids is 8. The Hall–Kier alpha value is -5.80. The van der Waals surface area contributed by atoms with Crippen LogP contribution in [0.4, 0.5) is 0 Å². The van der Waals surface area contributed by atoms with Gasteiger partial charge < -0.3 is 85.9 Å². The van der Waals surface area contributed by atoms with Crippen molar-refractivity contribution in [1.82, 2.24) is 0 Å². The molecule has 0 aliphatic rings. The van der Waals surface area contributed by atoms with E-state index in [0.29, 0.717) is 0 Å². The summed E-state index contributed by atoms with van der Waals surface area (Å²) in [7, 11) is 0. The monoisotopic (exact) mass is 1090 g/mol. The van der Waals surface area contributed by atoms with Crippen molar-refractivity contribution in [2.24, 2.45) is 23.7 Å². The van der Waals surface area contributed by atoms with E-state index in [-0.39, 0.29) is 124 Å². The first-order valence-electron chi connectivity index (χ1n) is 16.5. The van der Waals surface area contributed by atoms with Crippen molar-refractivity contribution in [2.75, 3.05) is 26.4 Å². The maximum atomic E-state index is 11.1. The molecule has 0 rings (SSSR count). The number of rotatable bonds is 28. The molecule has 384 valence electrons. The Kier molecular flexibility index (Phi) is 50.7. The summed E-state index contributed by atoms with van der Waals surface area (Å²) in [5.41, 5.74) is 0. The fourth-order valence-electron chi connectivity index (χ4n) is 3.23. The van der Waals surface area contributed by atoms with E-state index >= 15 is 0 Å². The van der Waals surface area contributed by atoms with Crippen LogP contribution in [0.1, 0.15) is 31.4 Å². The molecule has 0 aromatic heterocycles. The predicted octanol–water partition coefficient (Wildman–Crippen LogP) is -18.1. The van der Waals surface area contributed by atoms with E-state index in [9.17, 15) is 95.9 Å². The zero-order valence-electron chi connectivity index (χ0n) is 41.1. The average Bonchev–Trinajstić information content (AvgIpc) is 3.21. The predicted molar refractivity (Wildman–Crippen MR) is 192 cm³/mol. The SMILES string of the molecule is O=C(O)COC(=O)C(=O)C(CC(=O)O)C(=O)O.O=C(O)COC(=O)C(=O)C(CC(=O)O)C(=O)O.O=C(O)COC(=O)C(=O)C(CC(=O)O)C(=O)O.O=C(O)COC(=O)C(=O)C(CC(=O)O)C(=O)O.[H-].[H-].[H-].[H-].[Na+].[Na+].[Na+].[Na+]. The molecular formula is C32H36Na4O36. The summed E-state index contributed by atoms with van der Waals surface area (Å²) in [5.74, 6) is -41.2. The Morgan fingerprint density at radius 3 is 0.458 bits per heavy atom. The second kappa shape index (κ2) is 43.9. The number of Topliss-reactive ketones (excluding diaryl/α,β-unsaturated/α-hetero) is 4. The Balaban J connectivity index is -0.0000000694. The molecule has 40 heteroatoms. The van der Waals surface area contributed by atoms with Crippen LogP contribution in [-0.2, 0) is 115 Å². The number of ether oxygens (including phenoxy) is 4. The summed E-state index contributed by atoms with van der Waals surface area (Å²) >= 11 is 0. The molecule has 0 heterocycles. The first kappa shape index (κ1) is 83.1. The number of carboxylic acid groups (broad SMARTS) is 12. The van der Waals surface area contributed by atoms with Crippen LogP contribution in [0, 0.1) is 23.7 Å². The number of ketones is 4. The Labute approximate surface area is 490 Å². The second-order valence-electron chi connectivity index (χ2n) is 11.3. The van der Waals surface area contributed by atoms with E-state index in [2.05, 4.69) is 18.9 Å². The molecule has 0 saturated heterocycles. The maximum Gasteiger partial charge on any atom is 1.00 e. The molecule has 0 radical (unpaired) electrons. The first-order valence-corrected chi connectivity index (χ1v) is 16.5. The van der Waals surface area contributed by atoms with E-state index in [4.69, 9.17) is 61.3 Å². The number of aliphatic carboxylic acids is 12. The van der Waals surface area contributed by atoms with Gasteiger partial charge in [-0.3, -0.25) is 57.5 Å². The number of carbonyl (C=O) groups is 20. The van der Waals surface area contributed by atoms with Crippen LogP contribution in [0.2, 0.25) is 0 Å². The van der Waals surface area contributed by atoms with Crippen LogP contribution >= 0.6 is 0 Å². The van der Waals surface area contributed by atoms with E-state index in [0.717, 1.165) is 0 Å². The minimum Gasteiger partial charge on any atom is -1.00 e. The Bertz CT molecular complexity index is 1810. The molecule has 0 fully saturated rings. The van der Waals surface area contributed by atoms with Crippen LogP contribution in [0.25, 0.3) is 0 Å². The summed E-state index contributed by atoms with van der Waals surface area (Å²) in [5, 5.41) is 99.9. The first-order chi connectivity index (χ1) is 31.0. The summed E-state index contributed by atoms with van der Waals surface area (Å²) in [6.07, 6.45) is -4.35. The zero-order chi connectivity index (χ0) is 54.3. The van der Waals surface area contributed by atoms with Crippen LogP contribution in [0.5, 0.6) is 0 Å². The molecule has 4 atom stereocenters. The van der Waals surface area contributed by atoms with Gasteiger partial charge in [-0.1, -0.05) is 0 Å². The zero-order valence-corrected chi connectivity index (χ0v) is 45.1. The Morgan fingerprint density at radius 2 is 0.375 bits per heavy atom. The molecular weight excluding hydrogens is 1050 g/mol. The van der Waals surface area contributed by atoms with Crippen molar-refractivity contribution in [3.8, 4) is 0 Å². The van der Waals surface area contributed by atoms with Gasteiger partial charge in [-0.25, -0.2) is 38.4 Å². The summed E-state index contributed by atoms with van der Waals surface area (Å²) < 4.78 is 15.7. The van der Waals surface area contributed by atoms with Gasteiger partial charge in [-0.05, 0) is 0 Å². The minimum absolute atomic E-state index is 0. The van der Waals surface area contributed by atoms with Gasteiger partial charge in [0.05, 0.1) is 25.7 Å². The van der Waals surface area contributed by atoms with Crippen molar-refractivity contribution in [1.29, 1.82) is 0 Å². The van der Waals surface area contributed by atoms with Gasteiger partial charge in [-0.2, -0.15) is 0 Å². The van der Waals surface area contributed by atoms with Gasteiger partial charge in [0.1, 0.15) is 23.7 Å². The van der Waals surface area contributed by atoms with Gasteiger partial charge in [0.2, 0.25) is 0 Å². The molecule has 0 saturated carbocycles. The van der Waals surface area contributed by atoms with Crippen molar-refractivity contribution < 1.29 is 300 Å². The average molecular weight is 1090 g/mol. The Morgan fingerprint density at radius 1 is 0.250 bits per heavy atom. The largest absolute Gasteiger partial charge is 1.00 e. The second-order valence-corrected chi connectivity index (χ2v) is 11.3. The molecule has 36 nitrogen and oxygen atoms in total. The summed E-state index contributed by atoms with van der Waals surface area (Å²) in [6, 6.07) is 0. The summed E-state index contributed by atoms with van der Waals surface area (Å²) in [4.78, 5) is 211. The standard InChI is InChI=1S/4C8H8O9.4Na.4H/c4*9-4(10)1-3(7(14)15)6(13)8(16)17-2-5(11)12;;;;;;;;/h4*3H,1-2H2,(H,9,10)(H,11,12)(H,14,15);;;;;;;;/q;;;;4*+1;4*-1. The molecule has 0 amide bonds. The van der Waals surface area contributed by atoms with Crippen molar-refractivity contribution in [2.45, 2.75) is 25.7 Å². The molecule has 0 aliphatic carbocycles. The fraction of sp³-hybridized carbons (Fsp3) is 0.375. The number of carboxylic acids is 12. The number of esters is 4. The molecule has 72 heavy (non-hydrogen) atoms. The third-order valence-corrected chi connectivity index (χ3v) is 6.09. The van der Waals surface area contributed by atoms with E-state index in [1.165, 1.54) is 0 Å². The number of hydrogen-bond donors (Lipinski definition) is 12. The van der Waals surface area contributed by atoms with Crippen LogP contribution in [-0.4, -0.2) is 206 Å². The number of hydrogen-bond acceptors (Lipinski definition) is 24. The maximum absolute atomic E-state index is 11.1. The van der Waals surface area contributed by atoms with E-state index < -0.39 is 194 Å². The van der Waals surface area contributed by atoms with Crippen molar-refractivity contribution in [3.63, 3.8) is 0 Å². The van der Waals surface area contributed by atoms with Gasteiger partial charge in [0, 0.05) is 0 Å². The summed E-state index contributed by atoms with van der Waals surface area (Å²) in [6.45, 7) is -4.43. The fourth-order valence-corrected chi connectivity index (χ4v) is 3.23. The van der Waals surface area contributed by atoms with Gasteiger partial charge in [0.25, 0.3) is 23.1 Å². The van der Waals surface area contributed by atoms with Gasteiger partial charge in [0.15, 0.2) is 26.4 Å².